The highest BCUT2D eigenvalue weighted by atomic mass is 16.7. The van der Waals surface area contributed by atoms with Crippen LogP contribution in [-0.2, 0) is 19.0 Å². The van der Waals surface area contributed by atoms with E-state index in [0.717, 1.165) is 25.7 Å². The lowest BCUT2D eigenvalue weighted by atomic mass is 9.99. The van der Waals surface area contributed by atoms with Gasteiger partial charge in [0.05, 0.1) is 13.2 Å². The van der Waals surface area contributed by atoms with Crippen LogP contribution in [-0.4, -0.2) is 88.1 Å². The third-order valence-electron chi connectivity index (χ3n) is 4.54. The van der Waals surface area contributed by atoms with Gasteiger partial charge in [-0.25, -0.2) is 0 Å². The highest BCUT2D eigenvalue weighted by molar-refractivity contribution is 5.69. The molecule has 0 aromatic rings. The Morgan fingerprint density at radius 3 is 2.30 bits per heavy atom. The van der Waals surface area contributed by atoms with Gasteiger partial charge in [0.1, 0.15) is 37.1 Å². The van der Waals surface area contributed by atoms with Gasteiger partial charge in [0, 0.05) is 6.42 Å². The third kappa shape index (κ3) is 8.39. The van der Waals surface area contributed by atoms with E-state index in [4.69, 9.17) is 19.3 Å². The molecule has 0 aromatic carbocycles. The molecule has 9 nitrogen and oxygen atoms in total. The molecule has 9 heteroatoms. The summed E-state index contributed by atoms with van der Waals surface area (Å²) in [7, 11) is 0. The summed E-state index contributed by atoms with van der Waals surface area (Å²) in [5.74, 6) is -0.402. The molecule has 0 aromatic heterocycles. The minimum atomic E-state index is -1.57. The number of carbonyl (C=O) groups is 1. The Morgan fingerprint density at radius 1 is 1.00 bits per heavy atom. The molecule has 0 unspecified atom stereocenters. The first kappa shape index (κ1) is 24.2. The summed E-state index contributed by atoms with van der Waals surface area (Å²) in [5.41, 5.74) is 0. The standard InChI is InChI=1S/C18H34O9/c1-2-3-4-5-6-7-8-14(21)25-11-12(9-19)26-18-17(24)16(23)15(22)13(10-20)27-18/h12-13,15-20,22-24H,2-11H2,1H3/t12-,13+,15-,16-,17+,18+/m0/s1. The molecule has 1 aliphatic heterocycles. The van der Waals surface area contributed by atoms with Crippen molar-refractivity contribution in [2.45, 2.75) is 88.7 Å². The first-order chi connectivity index (χ1) is 12.9. The highest BCUT2D eigenvalue weighted by Gasteiger charge is 2.44. The van der Waals surface area contributed by atoms with Gasteiger partial charge in [0.15, 0.2) is 6.29 Å². The molecule has 1 rings (SSSR count). The van der Waals surface area contributed by atoms with Gasteiger partial charge >= 0.3 is 5.97 Å². The monoisotopic (exact) mass is 394 g/mol. The molecule has 0 amide bonds. The Bertz CT molecular complexity index is 404. The van der Waals surface area contributed by atoms with Gasteiger partial charge in [-0.1, -0.05) is 39.0 Å². The Kier molecular flexibility index (Phi) is 12.0. The summed E-state index contributed by atoms with van der Waals surface area (Å²) in [5, 5.41) is 47.9. The van der Waals surface area contributed by atoms with E-state index in [-0.39, 0.29) is 13.0 Å². The van der Waals surface area contributed by atoms with Gasteiger partial charge in [0.2, 0.25) is 0 Å². The van der Waals surface area contributed by atoms with E-state index >= 15 is 0 Å². The molecule has 160 valence electrons. The lowest BCUT2D eigenvalue weighted by molar-refractivity contribution is -0.315. The minimum Gasteiger partial charge on any atom is -0.463 e. The minimum absolute atomic E-state index is 0.236. The Balaban J connectivity index is 2.33. The molecule has 0 spiro atoms. The van der Waals surface area contributed by atoms with Crippen molar-refractivity contribution in [3.8, 4) is 0 Å². The number of aliphatic hydroxyl groups excluding tert-OH is 5. The van der Waals surface area contributed by atoms with Crippen LogP contribution in [0.1, 0.15) is 51.9 Å². The summed E-state index contributed by atoms with van der Waals surface area (Å²) in [6.07, 6.45) is -1.52. The Labute approximate surface area is 159 Å². The SMILES string of the molecule is CCCCCCCCC(=O)OC[C@H](CO)O[C@@H]1O[C@H](CO)[C@H](O)[C@H](O)[C@H]1O. The summed E-state index contributed by atoms with van der Waals surface area (Å²) >= 11 is 0. The van der Waals surface area contributed by atoms with Crippen LogP contribution in [0.3, 0.4) is 0 Å². The normalized spacial score (nSPS) is 29.5. The third-order valence-corrected chi connectivity index (χ3v) is 4.54. The molecule has 6 atom stereocenters. The van der Waals surface area contributed by atoms with Crippen LogP contribution in [0.2, 0.25) is 0 Å². The van der Waals surface area contributed by atoms with Crippen LogP contribution < -0.4 is 0 Å². The number of hydrogen-bond donors (Lipinski definition) is 5. The largest absolute Gasteiger partial charge is 0.463 e. The average molecular weight is 394 g/mol. The van der Waals surface area contributed by atoms with Crippen molar-refractivity contribution in [3.63, 3.8) is 0 Å². The van der Waals surface area contributed by atoms with E-state index in [2.05, 4.69) is 6.92 Å². The summed E-state index contributed by atoms with van der Waals surface area (Å²) < 4.78 is 15.6. The summed E-state index contributed by atoms with van der Waals surface area (Å²) in [4.78, 5) is 11.8. The summed E-state index contributed by atoms with van der Waals surface area (Å²) in [6, 6.07) is 0. The predicted molar refractivity (Wildman–Crippen MR) is 94.7 cm³/mol. The molecule has 1 fully saturated rings. The zero-order valence-electron chi connectivity index (χ0n) is 15.9. The second kappa shape index (κ2) is 13.4. The predicted octanol–water partition coefficient (Wildman–Crippen LogP) is -0.542. The second-order valence-corrected chi connectivity index (χ2v) is 6.84. The lowest BCUT2D eigenvalue weighted by Gasteiger charge is -2.40. The fourth-order valence-electron chi connectivity index (χ4n) is 2.81. The van der Waals surface area contributed by atoms with Crippen LogP contribution in [0.15, 0.2) is 0 Å². The van der Waals surface area contributed by atoms with Gasteiger partial charge in [-0.15, -0.1) is 0 Å². The van der Waals surface area contributed by atoms with Crippen LogP contribution in [0.5, 0.6) is 0 Å². The smallest absolute Gasteiger partial charge is 0.305 e. The molecule has 1 heterocycles. The van der Waals surface area contributed by atoms with Crippen molar-refractivity contribution in [1.82, 2.24) is 0 Å². The molecule has 27 heavy (non-hydrogen) atoms. The second-order valence-electron chi connectivity index (χ2n) is 6.84. The number of hydrogen-bond acceptors (Lipinski definition) is 9. The highest BCUT2D eigenvalue weighted by Crippen LogP contribution is 2.23. The van der Waals surface area contributed by atoms with Gasteiger partial charge in [0.25, 0.3) is 0 Å². The van der Waals surface area contributed by atoms with Crippen molar-refractivity contribution >= 4 is 5.97 Å². The molecular formula is C18H34O9. The number of rotatable bonds is 13. The zero-order chi connectivity index (χ0) is 20.2. The van der Waals surface area contributed by atoms with Crippen molar-refractivity contribution in [2.24, 2.45) is 0 Å². The van der Waals surface area contributed by atoms with E-state index in [1.807, 2.05) is 0 Å². The van der Waals surface area contributed by atoms with Crippen molar-refractivity contribution < 1.29 is 44.5 Å². The topological polar surface area (TPSA) is 146 Å². The first-order valence-corrected chi connectivity index (χ1v) is 9.67. The van der Waals surface area contributed by atoms with Crippen molar-refractivity contribution in [2.75, 3.05) is 19.8 Å². The lowest BCUT2D eigenvalue weighted by Crippen LogP contribution is -2.60. The molecule has 0 aliphatic carbocycles. The van der Waals surface area contributed by atoms with Gasteiger partial charge in [-0.05, 0) is 6.42 Å². The number of unbranched alkanes of at least 4 members (excludes halogenated alkanes) is 5. The quantitative estimate of drug-likeness (QED) is 0.205. The molecule has 1 aliphatic rings. The molecule has 5 N–H and O–H groups in total. The molecule has 1 saturated heterocycles. The maximum atomic E-state index is 11.8. The molecular weight excluding hydrogens is 360 g/mol. The maximum absolute atomic E-state index is 11.8. The van der Waals surface area contributed by atoms with Crippen LogP contribution >= 0.6 is 0 Å². The number of carbonyl (C=O) groups excluding carboxylic acids is 1. The number of ether oxygens (including phenoxy) is 3. The molecule has 0 radical (unpaired) electrons. The fraction of sp³-hybridized carbons (Fsp3) is 0.944. The first-order valence-electron chi connectivity index (χ1n) is 9.67. The van der Waals surface area contributed by atoms with Crippen molar-refractivity contribution in [1.29, 1.82) is 0 Å². The van der Waals surface area contributed by atoms with E-state index in [1.165, 1.54) is 12.8 Å². The zero-order valence-corrected chi connectivity index (χ0v) is 15.9. The van der Waals surface area contributed by atoms with Crippen molar-refractivity contribution in [3.05, 3.63) is 0 Å². The Morgan fingerprint density at radius 2 is 1.67 bits per heavy atom. The van der Waals surface area contributed by atoms with Gasteiger partial charge < -0.3 is 39.7 Å². The summed E-state index contributed by atoms with van der Waals surface area (Å²) in [6.45, 7) is 0.822. The van der Waals surface area contributed by atoms with E-state index in [1.54, 1.807) is 0 Å². The maximum Gasteiger partial charge on any atom is 0.305 e. The molecule has 0 saturated carbocycles. The Hall–Kier alpha value is -0.810. The number of aliphatic hydroxyl groups is 5. The average Bonchev–Trinajstić information content (AvgIpc) is 2.67. The van der Waals surface area contributed by atoms with Crippen LogP contribution in [0.4, 0.5) is 0 Å². The number of esters is 1. The van der Waals surface area contributed by atoms with Gasteiger partial charge in [-0.2, -0.15) is 0 Å². The van der Waals surface area contributed by atoms with Crippen LogP contribution in [0, 0.1) is 0 Å². The van der Waals surface area contributed by atoms with Gasteiger partial charge in [-0.3, -0.25) is 4.79 Å². The van der Waals surface area contributed by atoms with E-state index in [9.17, 15) is 25.2 Å². The fourth-order valence-corrected chi connectivity index (χ4v) is 2.81. The van der Waals surface area contributed by atoms with E-state index in [0.29, 0.717) is 0 Å². The van der Waals surface area contributed by atoms with Crippen LogP contribution in [0.25, 0.3) is 0 Å². The molecule has 0 bridgehead atoms. The van der Waals surface area contributed by atoms with E-state index < -0.39 is 56.0 Å².